The fourth-order valence-corrected chi connectivity index (χ4v) is 5.15. The number of fused-ring (bicyclic) bond motifs is 1. The third kappa shape index (κ3) is 7.58. The Morgan fingerprint density at radius 1 is 1.05 bits per heavy atom. The summed E-state index contributed by atoms with van der Waals surface area (Å²) in [6, 6.07) is 9.97. The molecule has 3 rings (SSSR count). The van der Waals surface area contributed by atoms with Gasteiger partial charge in [0.2, 0.25) is 21.8 Å². The third-order valence-electron chi connectivity index (χ3n) is 5.97. The van der Waals surface area contributed by atoms with Crippen molar-refractivity contribution in [1.29, 1.82) is 0 Å². The van der Waals surface area contributed by atoms with Crippen molar-refractivity contribution in [2.24, 2.45) is 0 Å². The summed E-state index contributed by atoms with van der Waals surface area (Å²) in [7, 11) is -3.64. The smallest absolute Gasteiger partial charge is 0.242 e. The van der Waals surface area contributed by atoms with E-state index in [9.17, 15) is 22.4 Å². The van der Waals surface area contributed by atoms with E-state index in [-0.39, 0.29) is 37.7 Å². The molecule has 202 valence electrons. The van der Waals surface area contributed by atoms with Crippen LogP contribution in [0.2, 0.25) is 0 Å². The van der Waals surface area contributed by atoms with E-state index in [4.69, 9.17) is 9.47 Å². The van der Waals surface area contributed by atoms with Gasteiger partial charge in [-0.15, -0.1) is 0 Å². The Morgan fingerprint density at radius 3 is 2.35 bits per heavy atom. The van der Waals surface area contributed by atoms with Gasteiger partial charge in [-0.1, -0.05) is 19.1 Å². The zero-order chi connectivity index (χ0) is 27.0. The highest BCUT2D eigenvalue weighted by Crippen LogP contribution is 2.34. The number of carbonyl (C=O) groups is 2. The lowest BCUT2D eigenvalue weighted by molar-refractivity contribution is -0.141. The number of benzene rings is 2. The second kappa shape index (κ2) is 12.8. The van der Waals surface area contributed by atoms with Crippen molar-refractivity contribution in [3.05, 3.63) is 53.8 Å². The van der Waals surface area contributed by atoms with Crippen LogP contribution < -0.4 is 19.1 Å². The van der Waals surface area contributed by atoms with Gasteiger partial charge in [0.05, 0.1) is 11.9 Å². The van der Waals surface area contributed by atoms with E-state index in [0.29, 0.717) is 48.9 Å². The molecular formula is C26H34FN3O6S. The van der Waals surface area contributed by atoms with Gasteiger partial charge in [-0.3, -0.25) is 13.9 Å². The summed E-state index contributed by atoms with van der Waals surface area (Å²) < 4.78 is 50.8. The predicted molar refractivity (Wildman–Crippen MR) is 139 cm³/mol. The van der Waals surface area contributed by atoms with Crippen LogP contribution in [0.1, 0.15) is 38.7 Å². The molecule has 11 heteroatoms. The van der Waals surface area contributed by atoms with Gasteiger partial charge in [-0.25, -0.2) is 12.8 Å². The first-order valence-electron chi connectivity index (χ1n) is 12.3. The number of anilines is 1. The SMILES string of the molecule is CCNC(=O)C(CC)N(Cc1ccc(F)cc1)C(=O)CCCN(c1ccc2c(c1)OCCO2)S(C)(=O)=O. The van der Waals surface area contributed by atoms with Crippen LogP contribution in [-0.4, -0.2) is 63.7 Å². The number of rotatable bonds is 12. The van der Waals surface area contributed by atoms with Gasteiger partial charge in [0.15, 0.2) is 11.5 Å². The average Bonchev–Trinajstić information content (AvgIpc) is 2.86. The largest absolute Gasteiger partial charge is 0.486 e. The number of hydrogen-bond donors (Lipinski definition) is 1. The first kappa shape index (κ1) is 28.2. The summed E-state index contributed by atoms with van der Waals surface area (Å²) >= 11 is 0. The maximum atomic E-state index is 13.4. The zero-order valence-corrected chi connectivity index (χ0v) is 22.2. The molecule has 0 bridgehead atoms. The highest BCUT2D eigenvalue weighted by atomic mass is 32.2. The molecule has 0 saturated carbocycles. The number of nitrogens with one attached hydrogen (secondary N) is 1. The summed E-state index contributed by atoms with van der Waals surface area (Å²) in [5.74, 6) is 0.0580. The molecule has 2 aromatic carbocycles. The molecule has 9 nitrogen and oxygen atoms in total. The Hall–Kier alpha value is -3.34. The molecule has 1 atom stereocenters. The molecule has 37 heavy (non-hydrogen) atoms. The lowest BCUT2D eigenvalue weighted by Gasteiger charge is -2.31. The van der Waals surface area contributed by atoms with Crippen molar-refractivity contribution < 1.29 is 31.9 Å². The predicted octanol–water partition coefficient (Wildman–Crippen LogP) is 3.09. The molecule has 1 unspecified atom stereocenters. The van der Waals surface area contributed by atoms with E-state index in [1.807, 2.05) is 6.92 Å². The molecule has 0 radical (unpaired) electrons. The Labute approximate surface area is 217 Å². The fraction of sp³-hybridized carbons (Fsp3) is 0.462. The minimum atomic E-state index is -3.64. The van der Waals surface area contributed by atoms with Crippen molar-refractivity contribution in [3.63, 3.8) is 0 Å². The highest BCUT2D eigenvalue weighted by molar-refractivity contribution is 7.92. The summed E-state index contributed by atoms with van der Waals surface area (Å²) in [6.07, 6.45) is 1.75. The number of ether oxygens (including phenoxy) is 2. The first-order chi connectivity index (χ1) is 17.6. The number of halogens is 1. The van der Waals surface area contributed by atoms with Crippen LogP contribution in [-0.2, 0) is 26.2 Å². The quantitative estimate of drug-likeness (QED) is 0.448. The van der Waals surface area contributed by atoms with E-state index in [1.54, 1.807) is 37.3 Å². The molecule has 1 N–H and O–H groups in total. The van der Waals surface area contributed by atoms with Crippen LogP contribution >= 0.6 is 0 Å². The van der Waals surface area contributed by atoms with Crippen molar-refractivity contribution in [2.75, 3.05) is 36.9 Å². The van der Waals surface area contributed by atoms with E-state index in [2.05, 4.69) is 5.32 Å². The van der Waals surface area contributed by atoms with Gasteiger partial charge in [0.1, 0.15) is 25.1 Å². The standard InChI is InChI=1S/C26H34FN3O6S/c1-4-22(26(32)28-5-2)29(18-19-8-10-20(27)11-9-19)25(31)7-6-14-30(37(3,33)34)21-12-13-23-24(17-21)36-16-15-35-23/h8-13,17,22H,4-7,14-16,18H2,1-3H3,(H,28,32). The summed E-state index contributed by atoms with van der Waals surface area (Å²) in [6.45, 7) is 5.03. The second-order valence-corrected chi connectivity index (χ2v) is 10.6. The summed E-state index contributed by atoms with van der Waals surface area (Å²) in [4.78, 5) is 27.5. The summed E-state index contributed by atoms with van der Waals surface area (Å²) in [5, 5.41) is 2.76. The van der Waals surface area contributed by atoms with E-state index in [0.717, 1.165) is 6.26 Å². The lowest BCUT2D eigenvalue weighted by atomic mass is 10.1. The van der Waals surface area contributed by atoms with Gasteiger partial charge in [0.25, 0.3) is 0 Å². The maximum Gasteiger partial charge on any atom is 0.242 e. The fourth-order valence-electron chi connectivity index (χ4n) is 4.19. The lowest BCUT2D eigenvalue weighted by Crippen LogP contribution is -2.49. The Bertz CT molecular complexity index is 1190. The number of sulfonamides is 1. The Kier molecular flexibility index (Phi) is 9.73. The van der Waals surface area contributed by atoms with Crippen molar-refractivity contribution in [2.45, 2.75) is 45.7 Å². The second-order valence-electron chi connectivity index (χ2n) is 8.73. The topological polar surface area (TPSA) is 105 Å². The van der Waals surface area contributed by atoms with Gasteiger partial charge in [-0.05, 0) is 49.6 Å². The third-order valence-corrected chi connectivity index (χ3v) is 7.16. The van der Waals surface area contributed by atoms with Gasteiger partial charge in [0, 0.05) is 32.1 Å². The molecule has 0 spiro atoms. The number of nitrogens with zero attached hydrogens (tertiary/aromatic N) is 2. The van der Waals surface area contributed by atoms with E-state index < -0.39 is 21.9 Å². The molecule has 1 aliphatic rings. The van der Waals surface area contributed by atoms with Crippen LogP contribution in [0.15, 0.2) is 42.5 Å². The zero-order valence-electron chi connectivity index (χ0n) is 21.4. The average molecular weight is 536 g/mol. The normalized spacial score (nSPS) is 13.5. The highest BCUT2D eigenvalue weighted by Gasteiger charge is 2.29. The molecule has 1 heterocycles. The molecule has 1 aliphatic heterocycles. The monoisotopic (exact) mass is 535 g/mol. The Balaban J connectivity index is 1.75. The first-order valence-corrected chi connectivity index (χ1v) is 14.2. The summed E-state index contributed by atoms with van der Waals surface area (Å²) in [5.41, 5.74) is 1.10. The molecule has 2 amide bonds. The molecule has 0 saturated heterocycles. The van der Waals surface area contributed by atoms with Crippen LogP contribution in [0.5, 0.6) is 11.5 Å². The van der Waals surface area contributed by atoms with E-state index in [1.165, 1.54) is 21.3 Å². The van der Waals surface area contributed by atoms with Gasteiger partial charge < -0.3 is 19.7 Å². The minimum absolute atomic E-state index is 0.0215. The van der Waals surface area contributed by atoms with Crippen LogP contribution in [0.3, 0.4) is 0 Å². The number of hydrogen-bond acceptors (Lipinski definition) is 6. The maximum absolute atomic E-state index is 13.4. The Morgan fingerprint density at radius 2 is 1.73 bits per heavy atom. The van der Waals surface area contributed by atoms with Crippen molar-refractivity contribution in [1.82, 2.24) is 10.2 Å². The molecule has 0 fully saturated rings. The number of carbonyl (C=O) groups excluding carboxylic acids is 2. The van der Waals surface area contributed by atoms with Crippen LogP contribution in [0, 0.1) is 5.82 Å². The van der Waals surface area contributed by atoms with E-state index >= 15 is 0 Å². The molecule has 0 aliphatic carbocycles. The van der Waals surface area contributed by atoms with Crippen LogP contribution in [0.25, 0.3) is 0 Å². The molecule has 0 aromatic heterocycles. The molecule has 2 aromatic rings. The van der Waals surface area contributed by atoms with Crippen molar-refractivity contribution in [3.8, 4) is 11.5 Å². The van der Waals surface area contributed by atoms with Crippen molar-refractivity contribution >= 4 is 27.5 Å². The van der Waals surface area contributed by atoms with Crippen LogP contribution in [0.4, 0.5) is 10.1 Å². The van der Waals surface area contributed by atoms with Gasteiger partial charge >= 0.3 is 0 Å². The van der Waals surface area contributed by atoms with Gasteiger partial charge in [-0.2, -0.15) is 0 Å². The number of amides is 2. The number of likely N-dealkylation sites (N-methyl/N-ethyl adjacent to an activating group) is 1. The minimum Gasteiger partial charge on any atom is -0.486 e. The molecular weight excluding hydrogens is 501 g/mol.